The Morgan fingerprint density at radius 2 is 1.60 bits per heavy atom. The number of benzene rings is 2. The number of hydrogen-bond donors (Lipinski definition) is 4. The van der Waals surface area contributed by atoms with E-state index in [1.807, 2.05) is 36.4 Å². The predicted octanol–water partition coefficient (Wildman–Crippen LogP) is 4.32. The summed E-state index contributed by atoms with van der Waals surface area (Å²) in [5, 5.41) is 14.9. The SMILES string of the molecule is COc1ccc2nccc(NC(=O)C3CCN(CCc4ccc5c(c4)NC(=O)CO5)CC3)c2n1.O=C(O)C1CCN(CCc2ccc3oc(=O)[nH]c3c2)CC1. The van der Waals surface area contributed by atoms with Gasteiger partial charge in [-0.2, -0.15) is 0 Å². The number of H-pyrrole nitrogens is 1. The summed E-state index contributed by atoms with van der Waals surface area (Å²) in [6.07, 6.45) is 6.48. The third kappa shape index (κ3) is 9.48. The van der Waals surface area contributed by atoms with Crippen LogP contribution in [0.25, 0.3) is 22.1 Å². The summed E-state index contributed by atoms with van der Waals surface area (Å²) in [6.45, 7) is 5.28. The molecule has 15 nitrogen and oxygen atoms in total. The number of anilines is 2. The number of pyridine rings is 2. The Balaban J connectivity index is 0.000000190. The van der Waals surface area contributed by atoms with Crippen molar-refractivity contribution in [1.82, 2.24) is 24.8 Å². The molecule has 8 rings (SSSR count). The number of amides is 2. The van der Waals surface area contributed by atoms with Crippen LogP contribution in [0.5, 0.6) is 11.6 Å². The molecule has 0 spiro atoms. The quantitative estimate of drug-likeness (QED) is 0.158. The maximum Gasteiger partial charge on any atom is 0.417 e. The zero-order chi connectivity index (χ0) is 38.3. The van der Waals surface area contributed by atoms with E-state index < -0.39 is 11.7 Å². The van der Waals surface area contributed by atoms with Gasteiger partial charge in [-0.15, -0.1) is 0 Å². The molecule has 0 atom stereocenters. The number of carboxylic acids is 1. The average molecular weight is 752 g/mol. The van der Waals surface area contributed by atoms with Gasteiger partial charge in [-0.05, 0) is 112 Å². The Morgan fingerprint density at radius 1 is 0.909 bits per heavy atom. The molecule has 0 unspecified atom stereocenters. The maximum absolute atomic E-state index is 13.0. The first-order chi connectivity index (χ1) is 26.7. The average Bonchev–Trinajstić information content (AvgIpc) is 3.59. The standard InChI is InChI=1S/C25H27N5O4.C15H18N2O4/c1-33-23-5-3-18-24(29-23)19(6-10-26-18)28-25(32)17-8-12-30(13-9-17)11-7-16-2-4-21-20(14-16)27-22(31)15-34-21;18-14(19)11-4-7-17(8-5-11)6-3-10-1-2-13-12(9-10)16-15(20)21-13/h2-6,10,14,17H,7-9,11-13,15H2,1H3,(H,27,31)(H,26,28,32);1-2,9,11H,3-8H2,(H,16,20)(H,18,19). The number of piperidine rings is 2. The van der Waals surface area contributed by atoms with Crippen molar-refractivity contribution in [2.75, 3.05) is 63.6 Å². The number of carbonyl (C=O) groups excluding carboxylic acids is 2. The number of aromatic nitrogens is 3. The minimum absolute atomic E-state index is 0.0159. The number of fused-ring (bicyclic) bond motifs is 3. The molecule has 2 fully saturated rings. The largest absolute Gasteiger partial charge is 0.482 e. The van der Waals surface area contributed by atoms with Crippen LogP contribution >= 0.6 is 0 Å². The Labute approximate surface area is 317 Å². The molecule has 0 bridgehead atoms. The van der Waals surface area contributed by atoms with Crippen LogP contribution in [0.15, 0.2) is 70.0 Å². The van der Waals surface area contributed by atoms with Crippen LogP contribution in [0.2, 0.25) is 0 Å². The summed E-state index contributed by atoms with van der Waals surface area (Å²) in [5.41, 5.74) is 6.31. The molecule has 2 aromatic carbocycles. The van der Waals surface area contributed by atoms with Crippen LogP contribution in [0, 0.1) is 11.8 Å². The van der Waals surface area contributed by atoms with Crippen LogP contribution in [-0.4, -0.2) is 101 Å². The van der Waals surface area contributed by atoms with E-state index in [0.717, 1.165) is 100 Å². The lowest BCUT2D eigenvalue weighted by atomic mass is 9.95. The second kappa shape index (κ2) is 17.1. The third-order valence-electron chi connectivity index (χ3n) is 10.5. The van der Waals surface area contributed by atoms with Crippen molar-refractivity contribution in [2.24, 2.45) is 11.8 Å². The number of oxazole rings is 1. The van der Waals surface area contributed by atoms with Gasteiger partial charge in [0.1, 0.15) is 11.3 Å². The molecule has 3 aliphatic rings. The lowest BCUT2D eigenvalue weighted by Crippen LogP contribution is -2.39. The van der Waals surface area contributed by atoms with Gasteiger partial charge in [0.25, 0.3) is 5.91 Å². The number of methoxy groups -OCH3 is 1. The summed E-state index contributed by atoms with van der Waals surface area (Å²) in [6, 6.07) is 17.0. The van der Waals surface area contributed by atoms with Gasteiger partial charge in [-0.25, -0.2) is 9.78 Å². The second-order valence-electron chi connectivity index (χ2n) is 14.2. The van der Waals surface area contributed by atoms with Crippen molar-refractivity contribution in [3.8, 4) is 11.6 Å². The molecule has 3 aromatic heterocycles. The van der Waals surface area contributed by atoms with Crippen LogP contribution < -0.4 is 25.9 Å². The fourth-order valence-corrected chi connectivity index (χ4v) is 7.29. The van der Waals surface area contributed by atoms with Gasteiger partial charge in [0.05, 0.1) is 35.4 Å². The minimum atomic E-state index is -0.677. The number of likely N-dealkylation sites (tertiary alicyclic amines) is 2. The van der Waals surface area contributed by atoms with Gasteiger partial charge in [0.15, 0.2) is 12.2 Å². The smallest absolute Gasteiger partial charge is 0.417 e. The van der Waals surface area contributed by atoms with Crippen molar-refractivity contribution >= 4 is 51.3 Å². The number of rotatable bonds is 10. The fraction of sp³-hybridized carbons (Fsp3) is 0.400. The Kier molecular flexibility index (Phi) is 11.7. The first-order valence-corrected chi connectivity index (χ1v) is 18.7. The third-order valence-corrected chi connectivity index (χ3v) is 10.5. The molecule has 2 amide bonds. The molecule has 4 N–H and O–H groups in total. The zero-order valence-electron chi connectivity index (χ0n) is 30.7. The number of carboxylic acid groups (broad SMARTS) is 1. The van der Waals surface area contributed by atoms with Crippen molar-refractivity contribution in [2.45, 2.75) is 38.5 Å². The molecule has 15 heteroatoms. The summed E-state index contributed by atoms with van der Waals surface area (Å²) < 4.78 is 15.6. The van der Waals surface area contributed by atoms with Gasteiger partial charge in [-0.1, -0.05) is 12.1 Å². The molecule has 2 saturated heterocycles. The highest BCUT2D eigenvalue weighted by molar-refractivity contribution is 6.00. The predicted molar refractivity (Wildman–Crippen MR) is 205 cm³/mol. The first-order valence-electron chi connectivity index (χ1n) is 18.7. The highest BCUT2D eigenvalue weighted by atomic mass is 16.5. The topological polar surface area (TPSA) is 192 Å². The van der Waals surface area contributed by atoms with Gasteiger partial charge in [0, 0.05) is 31.3 Å². The highest BCUT2D eigenvalue weighted by Gasteiger charge is 2.26. The van der Waals surface area contributed by atoms with Crippen molar-refractivity contribution in [3.63, 3.8) is 0 Å². The summed E-state index contributed by atoms with van der Waals surface area (Å²) in [7, 11) is 1.56. The summed E-state index contributed by atoms with van der Waals surface area (Å²) >= 11 is 0. The van der Waals surface area contributed by atoms with E-state index in [9.17, 15) is 19.2 Å². The van der Waals surface area contributed by atoms with E-state index in [1.165, 1.54) is 0 Å². The first kappa shape index (κ1) is 37.5. The number of hydrogen-bond acceptors (Lipinski definition) is 11. The second-order valence-corrected chi connectivity index (χ2v) is 14.2. The summed E-state index contributed by atoms with van der Waals surface area (Å²) in [5.74, 6) is -0.248. The van der Waals surface area contributed by atoms with Crippen molar-refractivity contribution in [1.29, 1.82) is 0 Å². The van der Waals surface area contributed by atoms with E-state index >= 15 is 0 Å². The van der Waals surface area contributed by atoms with Gasteiger partial charge < -0.3 is 39.4 Å². The fourth-order valence-electron chi connectivity index (χ4n) is 7.29. The van der Waals surface area contributed by atoms with Crippen molar-refractivity contribution < 1.29 is 33.4 Å². The van der Waals surface area contributed by atoms with Crippen LogP contribution in [0.1, 0.15) is 36.8 Å². The Bertz CT molecular complexity index is 2220. The molecular formula is C40H45N7O8. The Morgan fingerprint density at radius 3 is 2.31 bits per heavy atom. The number of nitrogens with zero attached hydrogens (tertiary/aromatic N) is 4. The van der Waals surface area contributed by atoms with Gasteiger partial charge in [0.2, 0.25) is 11.8 Å². The molecule has 6 heterocycles. The lowest BCUT2D eigenvalue weighted by molar-refractivity contribution is -0.143. The lowest BCUT2D eigenvalue weighted by Gasteiger charge is -2.31. The van der Waals surface area contributed by atoms with E-state index in [4.69, 9.17) is 19.0 Å². The number of aliphatic carboxylic acids is 1. The normalized spacial score (nSPS) is 16.8. The molecule has 5 aromatic rings. The molecule has 0 radical (unpaired) electrons. The molecular weight excluding hydrogens is 706 g/mol. The van der Waals surface area contributed by atoms with Gasteiger partial charge >= 0.3 is 11.7 Å². The van der Waals surface area contributed by atoms with Crippen molar-refractivity contribution in [3.05, 3.63) is 82.5 Å². The molecule has 0 aliphatic carbocycles. The maximum atomic E-state index is 13.0. The van der Waals surface area contributed by atoms with Gasteiger partial charge in [-0.3, -0.25) is 24.4 Å². The number of aromatic amines is 1. The molecule has 55 heavy (non-hydrogen) atoms. The monoisotopic (exact) mass is 751 g/mol. The molecule has 0 saturated carbocycles. The number of carbonyl (C=O) groups is 3. The van der Waals surface area contributed by atoms with E-state index in [1.54, 1.807) is 31.5 Å². The number of ether oxygens (including phenoxy) is 2. The summed E-state index contributed by atoms with van der Waals surface area (Å²) in [4.78, 5) is 62.6. The van der Waals surface area contributed by atoms with Crippen LogP contribution in [0.3, 0.4) is 0 Å². The van der Waals surface area contributed by atoms with Crippen LogP contribution in [0.4, 0.5) is 11.4 Å². The van der Waals surface area contributed by atoms with E-state index in [-0.39, 0.29) is 30.3 Å². The number of nitrogens with one attached hydrogen (secondary N) is 3. The zero-order valence-corrected chi connectivity index (χ0v) is 30.7. The van der Waals surface area contributed by atoms with Crippen LogP contribution in [-0.2, 0) is 27.2 Å². The Hall–Kier alpha value is -5.80. The molecule has 288 valence electrons. The minimum Gasteiger partial charge on any atom is -0.482 e. The van der Waals surface area contributed by atoms with E-state index in [0.29, 0.717) is 33.9 Å². The highest BCUT2D eigenvalue weighted by Crippen LogP contribution is 2.29. The molecule has 3 aliphatic heterocycles. The van der Waals surface area contributed by atoms with E-state index in [2.05, 4.69) is 35.4 Å².